The molecule has 31 heavy (non-hydrogen) atoms. The van der Waals surface area contributed by atoms with Crippen molar-refractivity contribution in [2.75, 3.05) is 6.61 Å². The van der Waals surface area contributed by atoms with Gasteiger partial charge in [0.15, 0.2) is 38.5 Å². The van der Waals surface area contributed by atoms with E-state index in [1.165, 1.54) is 6.07 Å². The number of benzene rings is 3. The molecule has 0 aliphatic rings. The molecule has 3 nitrogen and oxygen atoms in total. The average molecular weight is 436 g/mol. The molecule has 0 saturated carbocycles. The van der Waals surface area contributed by atoms with Crippen molar-refractivity contribution >= 4 is 16.9 Å². The Balaban J connectivity index is 1.86. The smallest absolute Gasteiger partial charge is 0.345 e. The van der Waals surface area contributed by atoms with Gasteiger partial charge in [0.05, 0.1) is 10.9 Å². The van der Waals surface area contributed by atoms with E-state index in [0.717, 1.165) is 14.7 Å². The van der Waals surface area contributed by atoms with Gasteiger partial charge in [-0.15, -0.1) is 5.92 Å². The third kappa shape index (κ3) is 6.13. The SMILES string of the molecule is CC#CC(C)(C)OC(=O)COc1cc([S+](c2ccccc2)c2ccccc2)ccc1F. The highest BCUT2D eigenvalue weighted by atomic mass is 32.2. The Morgan fingerprint density at radius 3 is 2.06 bits per heavy atom. The van der Waals surface area contributed by atoms with E-state index in [2.05, 4.69) is 11.8 Å². The van der Waals surface area contributed by atoms with Crippen LogP contribution in [-0.4, -0.2) is 18.2 Å². The Labute approximate surface area is 185 Å². The summed E-state index contributed by atoms with van der Waals surface area (Å²) in [7, 11) is -0.447. The summed E-state index contributed by atoms with van der Waals surface area (Å²) in [6.07, 6.45) is 0. The van der Waals surface area contributed by atoms with Crippen LogP contribution in [0.4, 0.5) is 4.39 Å². The molecule has 0 fully saturated rings. The standard InChI is InChI=1S/C26H24FO3S/c1-4-17-26(2,3)30-25(28)19-29-24-18-22(15-16-23(24)27)31(20-11-7-5-8-12-20)21-13-9-6-10-14-21/h5-16,18H,19H2,1-3H3/q+1. The molecule has 0 spiro atoms. The van der Waals surface area contributed by atoms with Crippen LogP contribution in [-0.2, 0) is 20.4 Å². The predicted octanol–water partition coefficient (Wildman–Crippen LogP) is 5.65. The van der Waals surface area contributed by atoms with Gasteiger partial charge >= 0.3 is 5.97 Å². The lowest BCUT2D eigenvalue weighted by Crippen LogP contribution is -2.29. The van der Waals surface area contributed by atoms with Crippen LogP contribution in [0.2, 0.25) is 0 Å². The molecule has 0 atom stereocenters. The Morgan fingerprint density at radius 1 is 0.935 bits per heavy atom. The van der Waals surface area contributed by atoms with Gasteiger partial charge in [0.1, 0.15) is 0 Å². The van der Waals surface area contributed by atoms with Crippen molar-refractivity contribution in [3.63, 3.8) is 0 Å². The highest BCUT2D eigenvalue weighted by Gasteiger charge is 2.29. The van der Waals surface area contributed by atoms with Crippen molar-refractivity contribution in [3.05, 3.63) is 84.7 Å². The first-order valence-electron chi connectivity index (χ1n) is 9.82. The number of rotatable bonds is 7. The molecule has 0 aromatic heterocycles. The van der Waals surface area contributed by atoms with E-state index >= 15 is 0 Å². The maximum Gasteiger partial charge on any atom is 0.345 e. The maximum atomic E-state index is 14.5. The fourth-order valence-electron chi connectivity index (χ4n) is 3.02. The van der Waals surface area contributed by atoms with Gasteiger partial charge < -0.3 is 9.47 Å². The van der Waals surface area contributed by atoms with Crippen molar-refractivity contribution in [1.82, 2.24) is 0 Å². The van der Waals surface area contributed by atoms with Gasteiger partial charge in [-0.25, -0.2) is 9.18 Å². The third-order valence-corrected chi connectivity index (χ3v) is 6.45. The summed E-state index contributed by atoms with van der Waals surface area (Å²) in [4.78, 5) is 15.2. The minimum atomic E-state index is -0.928. The lowest BCUT2D eigenvalue weighted by atomic mass is 10.1. The van der Waals surface area contributed by atoms with Crippen LogP contribution < -0.4 is 4.74 Å². The van der Waals surface area contributed by atoms with E-state index in [-0.39, 0.29) is 5.75 Å². The monoisotopic (exact) mass is 435 g/mol. The fraction of sp³-hybridized carbons (Fsp3) is 0.192. The summed E-state index contributed by atoms with van der Waals surface area (Å²) >= 11 is 0. The van der Waals surface area contributed by atoms with Gasteiger partial charge in [0.25, 0.3) is 0 Å². The number of carbonyl (C=O) groups excluding carboxylic acids is 1. The minimum absolute atomic E-state index is 0.0122. The number of carbonyl (C=O) groups is 1. The molecule has 0 bridgehead atoms. The van der Waals surface area contributed by atoms with Gasteiger partial charge in [-0.2, -0.15) is 0 Å². The van der Waals surface area contributed by atoms with E-state index in [1.807, 2.05) is 60.7 Å². The van der Waals surface area contributed by atoms with Crippen LogP contribution in [0.15, 0.2) is 93.5 Å². The van der Waals surface area contributed by atoms with Crippen molar-refractivity contribution in [1.29, 1.82) is 0 Å². The molecule has 0 saturated heterocycles. The second-order valence-electron chi connectivity index (χ2n) is 7.17. The zero-order chi connectivity index (χ0) is 22.3. The van der Waals surface area contributed by atoms with E-state index in [0.29, 0.717) is 0 Å². The zero-order valence-electron chi connectivity index (χ0n) is 17.7. The van der Waals surface area contributed by atoms with Crippen molar-refractivity contribution < 1.29 is 18.7 Å². The fourth-order valence-corrected chi connectivity index (χ4v) is 5.12. The molecule has 0 aliphatic carbocycles. The Morgan fingerprint density at radius 2 is 1.52 bits per heavy atom. The molecule has 158 valence electrons. The van der Waals surface area contributed by atoms with Crippen LogP contribution in [0.25, 0.3) is 0 Å². The van der Waals surface area contributed by atoms with Gasteiger partial charge in [0.2, 0.25) is 0 Å². The predicted molar refractivity (Wildman–Crippen MR) is 121 cm³/mol. The molecule has 0 unspecified atom stereocenters. The number of ether oxygens (including phenoxy) is 2. The van der Waals surface area contributed by atoms with E-state index in [4.69, 9.17) is 9.47 Å². The first-order chi connectivity index (χ1) is 14.9. The number of esters is 1. The molecule has 5 heteroatoms. The first-order valence-corrected chi connectivity index (χ1v) is 11.0. The van der Waals surface area contributed by atoms with Crippen molar-refractivity contribution in [2.24, 2.45) is 0 Å². The van der Waals surface area contributed by atoms with Gasteiger partial charge in [0, 0.05) is 6.07 Å². The molecule has 0 amide bonds. The average Bonchev–Trinajstić information content (AvgIpc) is 2.75. The molecule has 0 aliphatic heterocycles. The second kappa shape index (κ2) is 10.2. The maximum absolute atomic E-state index is 14.5. The molecule has 0 heterocycles. The molecule has 3 aromatic carbocycles. The van der Waals surface area contributed by atoms with Crippen molar-refractivity contribution in [2.45, 2.75) is 41.1 Å². The normalized spacial score (nSPS) is 10.9. The molecular formula is C26H24FO3S+. The van der Waals surface area contributed by atoms with Gasteiger partial charge in [-0.1, -0.05) is 42.3 Å². The largest absolute Gasteiger partial charge is 0.479 e. The van der Waals surface area contributed by atoms with E-state index in [1.54, 1.807) is 32.9 Å². The van der Waals surface area contributed by atoms with E-state index < -0.39 is 34.9 Å². The summed E-state index contributed by atoms with van der Waals surface area (Å²) in [5.74, 6) is 4.39. The lowest BCUT2D eigenvalue weighted by molar-refractivity contribution is -0.154. The second-order valence-corrected chi connectivity index (χ2v) is 9.20. The molecule has 3 aromatic rings. The lowest BCUT2D eigenvalue weighted by Gasteiger charge is -2.19. The number of hydrogen-bond donors (Lipinski definition) is 0. The summed E-state index contributed by atoms with van der Waals surface area (Å²) in [6, 6.07) is 24.8. The molecule has 0 N–H and O–H groups in total. The molecular weight excluding hydrogens is 411 g/mol. The number of halogens is 1. The van der Waals surface area contributed by atoms with Crippen LogP contribution in [0, 0.1) is 17.7 Å². The highest BCUT2D eigenvalue weighted by molar-refractivity contribution is 7.97. The molecule has 3 rings (SSSR count). The van der Waals surface area contributed by atoms with Gasteiger partial charge in [-0.3, -0.25) is 0 Å². The summed E-state index contributed by atoms with van der Waals surface area (Å²) in [6.45, 7) is 4.64. The topological polar surface area (TPSA) is 35.5 Å². The summed E-state index contributed by atoms with van der Waals surface area (Å²) in [5.41, 5.74) is -0.928. The third-order valence-electron chi connectivity index (χ3n) is 4.24. The Bertz CT molecular complexity index is 1050. The zero-order valence-corrected chi connectivity index (χ0v) is 18.5. The van der Waals surface area contributed by atoms with Crippen LogP contribution in [0.5, 0.6) is 5.75 Å². The Kier molecular flexibility index (Phi) is 7.38. The highest BCUT2D eigenvalue weighted by Crippen LogP contribution is 2.33. The van der Waals surface area contributed by atoms with Crippen molar-refractivity contribution in [3.8, 4) is 17.6 Å². The quantitative estimate of drug-likeness (QED) is 0.274. The van der Waals surface area contributed by atoms with Gasteiger partial charge in [-0.05, 0) is 57.2 Å². The van der Waals surface area contributed by atoms with Crippen LogP contribution >= 0.6 is 0 Å². The van der Waals surface area contributed by atoms with Crippen LogP contribution in [0.3, 0.4) is 0 Å². The Hall–Kier alpha value is -3.23. The van der Waals surface area contributed by atoms with Crippen LogP contribution in [0.1, 0.15) is 20.8 Å². The minimum Gasteiger partial charge on any atom is -0.479 e. The number of hydrogen-bond acceptors (Lipinski definition) is 3. The first kappa shape index (κ1) is 22.5. The summed E-state index contributed by atoms with van der Waals surface area (Å²) < 4.78 is 25.2. The van der Waals surface area contributed by atoms with E-state index in [9.17, 15) is 9.18 Å². The summed E-state index contributed by atoms with van der Waals surface area (Å²) in [5, 5.41) is 0. The molecule has 0 radical (unpaired) electrons.